The maximum absolute atomic E-state index is 9.35. The van der Waals surface area contributed by atoms with E-state index in [1.165, 1.54) is 0 Å². The summed E-state index contributed by atoms with van der Waals surface area (Å²) in [6.45, 7) is 3.84. The molecule has 1 heterocycles. The van der Waals surface area contributed by atoms with E-state index in [1.54, 1.807) is 11.8 Å². The molecule has 84 valence electrons. The number of pyridine rings is 1. The highest BCUT2D eigenvalue weighted by atomic mass is 32.2. The van der Waals surface area contributed by atoms with Crippen LogP contribution in [0.4, 0.5) is 5.82 Å². The molecule has 4 heteroatoms. The summed E-state index contributed by atoms with van der Waals surface area (Å²) in [5.74, 6) is 1.72. The topological polar surface area (TPSA) is 45.1 Å². The maximum Gasteiger partial charge on any atom is 0.125 e. The van der Waals surface area contributed by atoms with E-state index >= 15 is 0 Å². The first-order chi connectivity index (χ1) is 7.13. The van der Waals surface area contributed by atoms with Crippen LogP contribution in [0.1, 0.15) is 19.5 Å². The lowest BCUT2D eigenvalue weighted by molar-refractivity contribution is 0.196. The molecule has 2 unspecified atom stereocenters. The highest BCUT2D eigenvalue weighted by Gasteiger charge is 2.09. The van der Waals surface area contributed by atoms with Crippen LogP contribution in [0.5, 0.6) is 0 Å². The quantitative estimate of drug-likeness (QED) is 0.807. The van der Waals surface area contributed by atoms with Gasteiger partial charge >= 0.3 is 0 Å². The normalized spacial score (nSPS) is 14.7. The van der Waals surface area contributed by atoms with Crippen LogP contribution in [-0.2, 0) is 5.75 Å². The third-order valence-corrected chi connectivity index (χ3v) is 3.62. The van der Waals surface area contributed by atoms with E-state index in [0.29, 0.717) is 0 Å². The Bertz CT molecular complexity index is 304. The van der Waals surface area contributed by atoms with Gasteiger partial charge in [0.2, 0.25) is 0 Å². The fourth-order valence-electron chi connectivity index (χ4n) is 1.06. The number of rotatable bonds is 5. The van der Waals surface area contributed by atoms with Crippen molar-refractivity contribution < 1.29 is 5.11 Å². The summed E-state index contributed by atoms with van der Waals surface area (Å²) in [6.07, 6.45) is -0.275. The molecule has 3 nitrogen and oxygen atoms in total. The molecule has 2 atom stereocenters. The Balaban J connectivity index is 2.50. The molecule has 0 aliphatic rings. The number of nitrogens with zero attached hydrogens (tertiary/aromatic N) is 1. The molecular formula is C11H18N2OS. The van der Waals surface area contributed by atoms with Gasteiger partial charge in [0.25, 0.3) is 0 Å². The van der Waals surface area contributed by atoms with Crippen LogP contribution in [0, 0.1) is 0 Å². The standard InChI is InChI=1S/C11H18N2OS/c1-8(14)9(2)15-7-10-5-4-6-11(12-3)13-10/h4-6,8-9,14H,7H2,1-3H3,(H,12,13). The van der Waals surface area contributed by atoms with Crippen LogP contribution in [-0.4, -0.2) is 28.5 Å². The zero-order valence-electron chi connectivity index (χ0n) is 9.40. The van der Waals surface area contributed by atoms with Crippen molar-refractivity contribution >= 4 is 17.6 Å². The van der Waals surface area contributed by atoms with Crippen molar-refractivity contribution in [2.24, 2.45) is 0 Å². The molecule has 0 fully saturated rings. The molecule has 0 spiro atoms. The van der Waals surface area contributed by atoms with E-state index in [9.17, 15) is 5.11 Å². The zero-order chi connectivity index (χ0) is 11.3. The van der Waals surface area contributed by atoms with Gasteiger partial charge in [0, 0.05) is 18.1 Å². The van der Waals surface area contributed by atoms with Gasteiger partial charge in [0.15, 0.2) is 0 Å². The molecule has 0 radical (unpaired) electrons. The molecule has 0 aliphatic carbocycles. The molecule has 0 aliphatic heterocycles. The third-order valence-electron chi connectivity index (χ3n) is 2.24. The lowest BCUT2D eigenvalue weighted by atomic mass is 10.3. The fourth-order valence-corrected chi connectivity index (χ4v) is 1.93. The minimum atomic E-state index is -0.275. The van der Waals surface area contributed by atoms with E-state index in [-0.39, 0.29) is 11.4 Å². The number of anilines is 1. The summed E-state index contributed by atoms with van der Waals surface area (Å²) in [5.41, 5.74) is 1.04. The number of hydrogen-bond donors (Lipinski definition) is 2. The minimum Gasteiger partial charge on any atom is -0.392 e. The Morgan fingerprint density at radius 3 is 2.80 bits per heavy atom. The Morgan fingerprint density at radius 2 is 2.20 bits per heavy atom. The minimum absolute atomic E-state index is 0.241. The van der Waals surface area contributed by atoms with Crippen molar-refractivity contribution in [2.45, 2.75) is 31.0 Å². The first-order valence-corrected chi connectivity index (χ1v) is 6.11. The Labute approximate surface area is 95.3 Å². The molecule has 0 aromatic carbocycles. The van der Waals surface area contributed by atoms with Crippen molar-refractivity contribution in [3.05, 3.63) is 23.9 Å². The van der Waals surface area contributed by atoms with Crippen LogP contribution in [0.15, 0.2) is 18.2 Å². The molecule has 2 N–H and O–H groups in total. The molecule has 1 rings (SSSR count). The van der Waals surface area contributed by atoms with Crippen molar-refractivity contribution in [3.8, 4) is 0 Å². The summed E-state index contributed by atoms with van der Waals surface area (Å²) in [4.78, 5) is 4.41. The Kier molecular flexibility index (Phi) is 4.91. The van der Waals surface area contributed by atoms with Crippen molar-refractivity contribution in [1.29, 1.82) is 0 Å². The van der Waals surface area contributed by atoms with Crippen LogP contribution in [0.25, 0.3) is 0 Å². The summed E-state index contributed by atoms with van der Waals surface area (Å²) >= 11 is 1.72. The van der Waals surface area contributed by atoms with Crippen LogP contribution in [0.2, 0.25) is 0 Å². The number of thioether (sulfide) groups is 1. The molecule has 15 heavy (non-hydrogen) atoms. The predicted octanol–water partition coefficient (Wildman–Crippen LogP) is 2.13. The van der Waals surface area contributed by atoms with Gasteiger partial charge in [-0.3, -0.25) is 0 Å². The fraction of sp³-hybridized carbons (Fsp3) is 0.545. The zero-order valence-corrected chi connectivity index (χ0v) is 10.2. The average Bonchev–Trinajstić information content (AvgIpc) is 2.26. The van der Waals surface area contributed by atoms with Gasteiger partial charge in [-0.25, -0.2) is 4.98 Å². The number of aliphatic hydroxyl groups is 1. The van der Waals surface area contributed by atoms with E-state index in [0.717, 1.165) is 17.3 Å². The highest BCUT2D eigenvalue weighted by Crippen LogP contribution is 2.19. The van der Waals surface area contributed by atoms with Crippen molar-refractivity contribution in [3.63, 3.8) is 0 Å². The Hall–Kier alpha value is -0.740. The largest absolute Gasteiger partial charge is 0.392 e. The average molecular weight is 226 g/mol. The van der Waals surface area contributed by atoms with Crippen LogP contribution < -0.4 is 5.32 Å². The second-order valence-corrected chi connectivity index (χ2v) is 4.89. The summed E-state index contributed by atoms with van der Waals surface area (Å²) in [5, 5.41) is 12.6. The summed E-state index contributed by atoms with van der Waals surface area (Å²) in [6, 6.07) is 5.93. The second-order valence-electron chi connectivity index (χ2n) is 3.52. The molecule has 0 saturated heterocycles. The first kappa shape index (κ1) is 12.3. The van der Waals surface area contributed by atoms with E-state index in [1.807, 2.05) is 39.1 Å². The van der Waals surface area contributed by atoms with Crippen LogP contribution in [0.3, 0.4) is 0 Å². The number of aliphatic hydroxyl groups excluding tert-OH is 1. The third kappa shape index (κ3) is 4.10. The number of nitrogens with one attached hydrogen (secondary N) is 1. The lowest BCUT2D eigenvalue weighted by Crippen LogP contribution is -2.15. The van der Waals surface area contributed by atoms with E-state index in [4.69, 9.17) is 0 Å². The van der Waals surface area contributed by atoms with Gasteiger partial charge in [-0.2, -0.15) is 0 Å². The number of aromatic nitrogens is 1. The molecule has 1 aromatic rings. The SMILES string of the molecule is CNc1cccc(CSC(C)C(C)O)n1. The van der Waals surface area contributed by atoms with Gasteiger partial charge in [-0.1, -0.05) is 13.0 Å². The maximum atomic E-state index is 9.35. The van der Waals surface area contributed by atoms with Gasteiger partial charge in [0.05, 0.1) is 11.8 Å². The molecule has 1 aromatic heterocycles. The smallest absolute Gasteiger partial charge is 0.125 e. The summed E-state index contributed by atoms with van der Waals surface area (Å²) < 4.78 is 0. The number of hydrogen-bond acceptors (Lipinski definition) is 4. The van der Waals surface area contributed by atoms with Gasteiger partial charge in [-0.05, 0) is 19.1 Å². The lowest BCUT2D eigenvalue weighted by Gasteiger charge is -2.13. The first-order valence-electron chi connectivity index (χ1n) is 5.07. The van der Waals surface area contributed by atoms with Gasteiger partial charge in [0.1, 0.15) is 5.82 Å². The monoisotopic (exact) mass is 226 g/mol. The van der Waals surface area contributed by atoms with Gasteiger partial charge in [-0.15, -0.1) is 11.8 Å². The molecule has 0 amide bonds. The van der Waals surface area contributed by atoms with Crippen LogP contribution >= 0.6 is 11.8 Å². The predicted molar refractivity (Wildman–Crippen MR) is 66.2 cm³/mol. The second kappa shape index (κ2) is 5.98. The summed E-state index contributed by atoms with van der Waals surface area (Å²) in [7, 11) is 1.86. The molecule has 0 bridgehead atoms. The van der Waals surface area contributed by atoms with E-state index < -0.39 is 0 Å². The Morgan fingerprint density at radius 1 is 1.47 bits per heavy atom. The van der Waals surface area contributed by atoms with Gasteiger partial charge < -0.3 is 10.4 Å². The molecule has 0 saturated carbocycles. The van der Waals surface area contributed by atoms with E-state index in [2.05, 4.69) is 10.3 Å². The van der Waals surface area contributed by atoms with Crippen molar-refractivity contribution in [1.82, 2.24) is 4.98 Å². The molecular weight excluding hydrogens is 208 g/mol. The highest BCUT2D eigenvalue weighted by molar-refractivity contribution is 7.99. The van der Waals surface area contributed by atoms with Crippen molar-refractivity contribution in [2.75, 3.05) is 12.4 Å².